The molecule has 94 valence electrons. The Hall–Kier alpha value is -0.960. The molecule has 3 heteroatoms. The first-order valence-corrected chi connectivity index (χ1v) is 6.29. The van der Waals surface area contributed by atoms with E-state index in [2.05, 4.69) is 0 Å². The molecule has 1 aliphatic rings. The van der Waals surface area contributed by atoms with Gasteiger partial charge in [0.2, 0.25) is 0 Å². The Labute approximate surface area is 100 Å². The van der Waals surface area contributed by atoms with E-state index in [0.717, 1.165) is 43.7 Å². The second-order valence-electron chi connectivity index (χ2n) is 4.92. The van der Waals surface area contributed by atoms with E-state index in [9.17, 15) is 13.9 Å². The molecule has 0 saturated heterocycles. The molecule has 0 radical (unpaired) electrons. The molecule has 1 aromatic rings. The smallest absolute Gasteiger partial charge is 0.159 e. The standard InChI is InChI=1S/C14H18F2O/c15-12-7-6-10(9-13(12)16)8-11-4-2-1-3-5-14(11)17/h6-7,9,11,14,17H,1-5,8H2. The highest BCUT2D eigenvalue weighted by Crippen LogP contribution is 2.27. The lowest BCUT2D eigenvalue weighted by Crippen LogP contribution is -2.21. The summed E-state index contributed by atoms with van der Waals surface area (Å²) in [7, 11) is 0. The molecule has 1 N–H and O–H groups in total. The highest BCUT2D eigenvalue weighted by Gasteiger charge is 2.22. The van der Waals surface area contributed by atoms with E-state index in [1.165, 1.54) is 6.07 Å². The Balaban J connectivity index is 2.05. The minimum Gasteiger partial charge on any atom is -0.393 e. The topological polar surface area (TPSA) is 20.2 Å². The number of rotatable bonds is 2. The summed E-state index contributed by atoms with van der Waals surface area (Å²) in [5, 5.41) is 9.97. The van der Waals surface area contributed by atoms with Crippen LogP contribution in [0.1, 0.15) is 37.7 Å². The first-order valence-electron chi connectivity index (χ1n) is 6.29. The van der Waals surface area contributed by atoms with Crippen LogP contribution in [0.3, 0.4) is 0 Å². The average molecular weight is 240 g/mol. The van der Waals surface area contributed by atoms with Crippen LogP contribution < -0.4 is 0 Å². The molecule has 2 unspecified atom stereocenters. The van der Waals surface area contributed by atoms with Crippen molar-refractivity contribution in [3.05, 3.63) is 35.4 Å². The minimum absolute atomic E-state index is 0.183. The molecule has 1 aromatic carbocycles. The molecule has 1 aliphatic carbocycles. The number of hydrogen-bond donors (Lipinski definition) is 1. The van der Waals surface area contributed by atoms with Crippen LogP contribution in [0.15, 0.2) is 18.2 Å². The molecule has 0 heterocycles. The Bertz CT molecular complexity index is 378. The maximum absolute atomic E-state index is 13.1. The van der Waals surface area contributed by atoms with Gasteiger partial charge < -0.3 is 5.11 Å². The van der Waals surface area contributed by atoms with Gasteiger partial charge in [-0.15, -0.1) is 0 Å². The van der Waals surface area contributed by atoms with Crippen LogP contribution in [-0.4, -0.2) is 11.2 Å². The van der Waals surface area contributed by atoms with Crippen molar-refractivity contribution < 1.29 is 13.9 Å². The Morgan fingerprint density at radius 3 is 2.59 bits per heavy atom. The summed E-state index contributed by atoms with van der Waals surface area (Å²) in [4.78, 5) is 0. The lowest BCUT2D eigenvalue weighted by Gasteiger charge is -2.20. The Kier molecular flexibility index (Phi) is 4.11. The van der Waals surface area contributed by atoms with Crippen molar-refractivity contribution in [2.24, 2.45) is 5.92 Å². The fraction of sp³-hybridized carbons (Fsp3) is 0.571. The van der Waals surface area contributed by atoms with Crippen molar-refractivity contribution in [1.29, 1.82) is 0 Å². The van der Waals surface area contributed by atoms with E-state index in [1.807, 2.05) is 0 Å². The highest BCUT2D eigenvalue weighted by molar-refractivity contribution is 5.18. The lowest BCUT2D eigenvalue weighted by atomic mass is 9.90. The van der Waals surface area contributed by atoms with Crippen LogP contribution >= 0.6 is 0 Å². The first kappa shape index (κ1) is 12.5. The maximum atomic E-state index is 13.1. The number of halogens is 2. The van der Waals surface area contributed by atoms with E-state index < -0.39 is 11.6 Å². The van der Waals surface area contributed by atoms with Crippen molar-refractivity contribution in [3.8, 4) is 0 Å². The molecular weight excluding hydrogens is 222 g/mol. The molecule has 2 rings (SSSR count). The molecular formula is C14H18F2O. The van der Waals surface area contributed by atoms with Gasteiger partial charge in [0, 0.05) is 0 Å². The maximum Gasteiger partial charge on any atom is 0.159 e. The summed E-state index contributed by atoms with van der Waals surface area (Å²) < 4.78 is 25.9. The van der Waals surface area contributed by atoms with Gasteiger partial charge in [0.15, 0.2) is 11.6 Å². The summed E-state index contributed by atoms with van der Waals surface area (Å²) in [5.74, 6) is -1.43. The summed E-state index contributed by atoms with van der Waals surface area (Å²) in [6.07, 6.45) is 5.48. The van der Waals surface area contributed by atoms with E-state index in [0.29, 0.717) is 6.42 Å². The Morgan fingerprint density at radius 2 is 1.82 bits per heavy atom. The second kappa shape index (κ2) is 5.58. The summed E-state index contributed by atoms with van der Waals surface area (Å²) in [5.41, 5.74) is 0.773. The fourth-order valence-electron chi connectivity index (χ4n) is 2.57. The van der Waals surface area contributed by atoms with E-state index >= 15 is 0 Å². The van der Waals surface area contributed by atoms with Crippen LogP contribution in [0, 0.1) is 17.6 Å². The van der Waals surface area contributed by atoms with Crippen molar-refractivity contribution in [2.45, 2.75) is 44.6 Å². The van der Waals surface area contributed by atoms with E-state index in [1.54, 1.807) is 6.07 Å². The van der Waals surface area contributed by atoms with Crippen molar-refractivity contribution in [1.82, 2.24) is 0 Å². The van der Waals surface area contributed by atoms with Crippen LogP contribution in [0.4, 0.5) is 8.78 Å². The minimum atomic E-state index is -0.810. The molecule has 1 nitrogen and oxygen atoms in total. The summed E-state index contributed by atoms with van der Waals surface area (Å²) in [6, 6.07) is 4.01. The van der Waals surface area contributed by atoms with Crippen molar-refractivity contribution in [2.75, 3.05) is 0 Å². The number of hydrogen-bond acceptors (Lipinski definition) is 1. The van der Waals surface area contributed by atoms with Crippen LogP contribution in [0.5, 0.6) is 0 Å². The molecule has 0 spiro atoms. The third kappa shape index (κ3) is 3.25. The largest absolute Gasteiger partial charge is 0.393 e. The molecule has 17 heavy (non-hydrogen) atoms. The molecule has 2 atom stereocenters. The predicted molar refractivity (Wildman–Crippen MR) is 62.6 cm³/mol. The van der Waals surface area contributed by atoms with Gasteiger partial charge >= 0.3 is 0 Å². The van der Waals surface area contributed by atoms with Crippen LogP contribution in [0.2, 0.25) is 0 Å². The fourth-order valence-corrected chi connectivity index (χ4v) is 2.57. The van der Waals surface area contributed by atoms with Gasteiger partial charge in [0.1, 0.15) is 0 Å². The Morgan fingerprint density at radius 1 is 1.06 bits per heavy atom. The molecule has 1 fully saturated rings. The van der Waals surface area contributed by atoms with Gasteiger partial charge in [0.05, 0.1) is 6.10 Å². The first-order chi connectivity index (χ1) is 8.16. The molecule has 0 amide bonds. The van der Waals surface area contributed by atoms with Gasteiger partial charge in [-0.05, 0) is 42.9 Å². The average Bonchev–Trinajstić information content (AvgIpc) is 2.50. The highest BCUT2D eigenvalue weighted by atomic mass is 19.2. The normalized spacial score (nSPS) is 25.6. The lowest BCUT2D eigenvalue weighted by molar-refractivity contribution is 0.101. The molecule has 0 aliphatic heterocycles. The molecule has 0 aromatic heterocycles. The third-order valence-corrected chi connectivity index (χ3v) is 3.60. The van der Waals surface area contributed by atoms with Gasteiger partial charge in [-0.25, -0.2) is 8.78 Å². The monoisotopic (exact) mass is 240 g/mol. The number of benzene rings is 1. The van der Waals surface area contributed by atoms with Gasteiger partial charge in [0.25, 0.3) is 0 Å². The van der Waals surface area contributed by atoms with Gasteiger partial charge in [-0.3, -0.25) is 0 Å². The summed E-state index contributed by atoms with van der Waals surface area (Å²) >= 11 is 0. The second-order valence-corrected chi connectivity index (χ2v) is 4.92. The van der Waals surface area contributed by atoms with Gasteiger partial charge in [-0.1, -0.05) is 25.3 Å². The zero-order valence-corrected chi connectivity index (χ0v) is 9.83. The number of aliphatic hydroxyl groups excluding tert-OH is 1. The van der Waals surface area contributed by atoms with E-state index in [-0.39, 0.29) is 12.0 Å². The zero-order valence-electron chi connectivity index (χ0n) is 9.83. The van der Waals surface area contributed by atoms with Crippen molar-refractivity contribution >= 4 is 0 Å². The SMILES string of the molecule is OC1CCCCCC1Cc1ccc(F)c(F)c1. The molecule has 0 bridgehead atoms. The van der Waals surface area contributed by atoms with Gasteiger partial charge in [-0.2, -0.15) is 0 Å². The molecule has 1 saturated carbocycles. The van der Waals surface area contributed by atoms with Crippen molar-refractivity contribution in [3.63, 3.8) is 0 Å². The quantitative estimate of drug-likeness (QED) is 0.785. The summed E-state index contributed by atoms with van der Waals surface area (Å²) in [6.45, 7) is 0. The van der Waals surface area contributed by atoms with Crippen LogP contribution in [-0.2, 0) is 6.42 Å². The van der Waals surface area contributed by atoms with E-state index in [4.69, 9.17) is 0 Å². The third-order valence-electron chi connectivity index (χ3n) is 3.60. The predicted octanol–water partition coefficient (Wildman–Crippen LogP) is 3.45. The van der Waals surface area contributed by atoms with Crippen LogP contribution in [0.25, 0.3) is 0 Å². The number of aliphatic hydroxyl groups is 1. The zero-order chi connectivity index (χ0) is 12.3.